The van der Waals surface area contributed by atoms with Gasteiger partial charge in [-0.3, -0.25) is 4.79 Å². The molecule has 0 bridgehead atoms. The zero-order valence-corrected chi connectivity index (χ0v) is 11.5. The lowest BCUT2D eigenvalue weighted by molar-refractivity contribution is -0.151. The van der Waals surface area contributed by atoms with Gasteiger partial charge in [0, 0.05) is 13.2 Å². The molecule has 0 aromatic carbocycles. The van der Waals surface area contributed by atoms with Crippen molar-refractivity contribution in [2.75, 3.05) is 20.2 Å². The molecule has 2 aliphatic rings. The molecule has 0 aromatic heterocycles. The fourth-order valence-corrected chi connectivity index (χ4v) is 3.24. The molecule has 0 aromatic rings. The van der Waals surface area contributed by atoms with E-state index < -0.39 is 11.4 Å². The number of methoxy groups -OCH3 is 1. The van der Waals surface area contributed by atoms with Gasteiger partial charge in [0.05, 0.1) is 11.5 Å². The Morgan fingerprint density at radius 3 is 2.22 bits per heavy atom. The van der Waals surface area contributed by atoms with Crippen molar-refractivity contribution in [1.29, 1.82) is 0 Å². The average molecular weight is 255 g/mol. The molecule has 0 atom stereocenters. The van der Waals surface area contributed by atoms with Gasteiger partial charge < -0.3 is 14.7 Å². The van der Waals surface area contributed by atoms with Crippen LogP contribution in [0.1, 0.15) is 45.4 Å². The van der Waals surface area contributed by atoms with Crippen molar-refractivity contribution < 1.29 is 14.6 Å². The van der Waals surface area contributed by atoms with Gasteiger partial charge in [0.2, 0.25) is 0 Å². The highest BCUT2D eigenvalue weighted by Gasteiger charge is 2.38. The highest BCUT2D eigenvalue weighted by Crippen LogP contribution is 2.34. The zero-order chi connectivity index (χ0) is 13.2. The monoisotopic (exact) mass is 255 g/mol. The van der Waals surface area contributed by atoms with E-state index in [1.807, 2.05) is 6.92 Å². The number of ether oxygens (including phenoxy) is 1. The maximum absolute atomic E-state index is 11.2. The maximum atomic E-state index is 11.2. The Morgan fingerprint density at radius 2 is 1.78 bits per heavy atom. The molecule has 2 fully saturated rings. The number of likely N-dealkylation sites (tertiary alicyclic amines) is 1. The van der Waals surface area contributed by atoms with Crippen molar-refractivity contribution >= 4 is 5.97 Å². The topological polar surface area (TPSA) is 49.8 Å². The van der Waals surface area contributed by atoms with Crippen LogP contribution in [0.2, 0.25) is 0 Å². The Hall–Kier alpha value is -0.610. The van der Waals surface area contributed by atoms with E-state index in [2.05, 4.69) is 4.90 Å². The van der Waals surface area contributed by atoms with Crippen LogP contribution in [0.5, 0.6) is 0 Å². The van der Waals surface area contributed by atoms with Crippen LogP contribution in [0.25, 0.3) is 0 Å². The summed E-state index contributed by atoms with van der Waals surface area (Å²) in [6.07, 6.45) is 6.70. The molecule has 104 valence electrons. The van der Waals surface area contributed by atoms with Crippen molar-refractivity contribution in [3.05, 3.63) is 0 Å². The van der Waals surface area contributed by atoms with Crippen LogP contribution in [-0.4, -0.2) is 48.3 Å². The number of aliphatic carboxylic acids is 1. The first-order chi connectivity index (χ1) is 8.55. The van der Waals surface area contributed by atoms with E-state index in [1.165, 1.54) is 12.8 Å². The fraction of sp³-hybridized carbons (Fsp3) is 0.929. The van der Waals surface area contributed by atoms with Gasteiger partial charge in [-0.25, -0.2) is 0 Å². The van der Waals surface area contributed by atoms with Gasteiger partial charge in [-0.2, -0.15) is 0 Å². The second-order valence-corrected chi connectivity index (χ2v) is 6.07. The summed E-state index contributed by atoms with van der Waals surface area (Å²) in [6.45, 7) is 3.75. The largest absolute Gasteiger partial charge is 0.481 e. The summed E-state index contributed by atoms with van der Waals surface area (Å²) in [4.78, 5) is 13.7. The molecule has 1 aliphatic carbocycles. The Labute approximate surface area is 109 Å². The quantitative estimate of drug-likeness (QED) is 0.839. The fourth-order valence-electron chi connectivity index (χ4n) is 3.24. The Balaban J connectivity index is 1.82. The molecule has 2 rings (SSSR count). The van der Waals surface area contributed by atoms with Crippen LogP contribution in [0.3, 0.4) is 0 Å². The van der Waals surface area contributed by atoms with Crippen molar-refractivity contribution in [1.82, 2.24) is 4.90 Å². The Kier molecular flexibility index (Phi) is 4.28. The number of hydrogen-bond donors (Lipinski definition) is 1. The normalized spacial score (nSPS) is 33.2. The summed E-state index contributed by atoms with van der Waals surface area (Å²) in [7, 11) is 1.80. The number of carbonyl (C=O) groups is 1. The standard InChI is InChI=1S/C14H25NO3/c1-14(13(16)17)7-9-15(10-8-14)11-3-5-12(18-2)6-4-11/h11-12H,3-10H2,1-2H3,(H,16,17). The number of carboxylic acid groups (broad SMARTS) is 1. The number of rotatable bonds is 3. The van der Waals surface area contributed by atoms with Gasteiger partial charge in [0.15, 0.2) is 0 Å². The molecule has 1 saturated heterocycles. The number of nitrogens with zero attached hydrogens (tertiary/aromatic N) is 1. The summed E-state index contributed by atoms with van der Waals surface area (Å²) in [5.41, 5.74) is -0.500. The summed E-state index contributed by atoms with van der Waals surface area (Å²) in [5.74, 6) is -0.634. The first-order valence-electron chi connectivity index (χ1n) is 7.05. The summed E-state index contributed by atoms with van der Waals surface area (Å²) < 4.78 is 5.40. The molecule has 0 spiro atoms. The third kappa shape index (κ3) is 2.86. The molecular weight excluding hydrogens is 230 g/mol. The van der Waals surface area contributed by atoms with Crippen molar-refractivity contribution in [3.63, 3.8) is 0 Å². The SMILES string of the molecule is COC1CCC(N2CCC(C)(C(=O)O)CC2)CC1. The van der Waals surface area contributed by atoms with Gasteiger partial charge >= 0.3 is 5.97 Å². The van der Waals surface area contributed by atoms with E-state index in [9.17, 15) is 9.90 Å². The lowest BCUT2D eigenvalue weighted by Crippen LogP contribution is -2.48. The third-order valence-corrected chi connectivity index (χ3v) is 4.91. The molecule has 1 saturated carbocycles. The summed E-state index contributed by atoms with van der Waals surface area (Å²) in [6, 6.07) is 0.648. The van der Waals surface area contributed by atoms with Crippen LogP contribution in [0.15, 0.2) is 0 Å². The summed E-state index contributed by atoms with van der Waals surface area (Å²) >= 11 is 0. The van der Waals surface area contributed by atoms with Crippen LogP contribution in [0, 0.1) is 5.41 Å². The lowest BCUT2D eigenvalue weighted by Gasteiger charge is -2.42. The molecule has 1 N–H and O–H groups in total. The second kappa shape index (κ2) is 5.57. The predicted molar refractivity (Wildman–Crippen MR) is 69.6 cm³/mol. The molecule has 4 nitrogen and oxygen atoms in total. The second-order valence-electron chi connectivity index (χ2n) is 6.07. The van der Waals surface area contributed by atoms with E-state index in [-0.39, 0.29) is 0 Å². The Bertz CT molecular complexity index is 289. The van der Waals surface area contributed by atoms with Crippen molar-refractivity contribution in [2.24, 2.45) is 5.41 Å². The predicted octanol–water partition coefficient (Wildman–Crippen LogP) is 2.13. The molecule has 0 amide bonds. The van der Waals surface area contributed by atoms with Gasteiger partial charge in [0.1, 0.15) is 0 Å². The maximum Gasteiger partial charge on any atom is 0.309 e. The van der Waals surface area contributed by atoms with E-state index in [0.717, 1.165) is 38.8 Å². The smallest absolute Gasteiger partial charge is 0.309 e. The minimum absolute atomic E-state index is 0.440. The molecule has 18 heavy (non-hydrogen) atoms. The third-order valence-electron chi connectivity index (χ3n) is 4.91. The van der Waals surface area contributed by atoms with Gasteiger partial charge in [-0.15, -0.1) is 0 Å². The minimum Gasteiger partial charge on any atom is -0.481 e. The molecule has 0 unspecified atom stereocenters. The van der Waals surface area contributed by atoms with Crippen LogP contribution >= 0.6 is 0 Å². The number of carboxylic acids is 1. The zero-order valence-electron chi connectivity index (χ0n) is 11.5. The molecular formula is C14H25NO3. The molecule has 0 radical (unpaired) electrons. The van der Waals surface area contributed by atoms with Crippen molar-refractivity contribution in [2.45, 2.75) is 57.6 Å². The first-order valence-corrected chi connectivity index (χ1v) is 7.05. The lowest BCUT2D eigenvalue weighted by atomic mass is 9.79. The molecule has 4 heteroatoms. The van der Waals surface area contributed by atoms with E-state index in [0.29, 0.717) is 12.1 Å². The Morgan fingerprint density at radius 1 is 1.22 bits per heavy atom. The molecule has 1 aliphatic heterocycles. The summed E-state index contributed by atoms with van der Waals surface area (Å²) in [5, 5.41) is 9.23. The van der Waals surface area contributed by atoms with E-state index in [4.69, 9.17) is 4.74 Å². The minimum atomic E-state index is -0.634. The van der Waals surface area contributed by atoms with Gasteiger partial charge in [-0.1, -0.05) is 0 Å². The highest BCUT2D eigenvalue weighted by atomic mass is 16.5. The van der Waals surface area contributed by atoms with Crippen LogP contribution < -0.4 is 0 Å². The highest BCUT2D eigenvalue weighted by molar-refractivity contribution is 5.74. The number of hydrogen-bond acceptors (Lipinski definition) is 3. The van der Waals surface area contributed by atoms with E-state index >= 15 is 0 Å². The van der Waals surface area contributed by atoms with Crippen molar-refractivity contribution in [3.8, 4) is 0 Å². The van der Waals surface area contributed by atoms with Gasteiger partial charge in [0.25, 0.3) is 0 Å². The van der Waals surface area contributed by atoms with Crippen LogP contribution in [0.4, 0.5) is 0 Å². The van der Waals surface area contributed by atoms with E-state index in [1.54, 1.807) is 7.11 Å². The average Bonchev–Trinajstić information content (AvgIpc) is 2.40. The van der Waals surface area contributed by atoms with Gasteiger partial charge in [-0.05, 0) is 58.5 Å². The van der Waals surface area contributed by atoms with Crippen LogP contribution in [-0.2, 0) is 9.53 Å². The first kappa shape index (κ1) is 13.8. The molecule has 1 heterocycles. The number of piperidine rings is 1.